The second kappa shape index (κ2) is 9.71. The minimum atomic E-state index is -0.208. The number of anilines is 1. The Hall–Kier alpha value is -3.16. The Kier molecular flexibility index (Phi) is 6.27. The second-order valence-electron chi connectivity index (χ2n) is 9.26. The Balaban J connectivity index is 1.47. The fourth-order valence-electron chi connectivity index (χ4n) is 5.42. The lowest BCUT2D eigenvalue weighted by Gasteiger charge is -2.31. The van der Waals surface area contributed by atoms with E-state index in [4.69, 9.17) is 4.74 Å². The van der Waals surface area contributed by atoms with Gasteiger partial charge < -0.3 is 19.5 Å². The summed E-state index contributed by atoms with van der Waals surface area (Å²) in [5.74, 6) is 0.718. The molecule has 1 atom stereocenters. The number of rotatable bonds is 4. The number of thioether (sulfide) groups is 1. The summed E-state index contributed by atoms with van der Waals surface area (Å²) in [6.07, 6.45) is 8.93. The zero-order valence-electron chi connectivity index (χ0n) is 20.5. The number of thiophene rings is 1. The molecular formula is C29H29N3O2S2. The van der Waals surface area contributed by atoms with Gasteiger partial charge in [0.05, 0.1) is 25.4 Å². The molecular weight excluding hydrogens is 486 g/mol. The monoisotopic (exact) mass is 515 g/mol. The van der Waals surface area contributed by atoms with Crippen molar-refractivity contribution in [2.75, 3.05) is 18.7 Å². The van der Waals surface area contributed by atoms with Gasteiger partial charge in [-0.2, -0.15) is 0 Å². The lowest BCUT2D eigenvalue weighted by atomic mass is 9.95. The summed E-state index contributed by atoms with van der Waals surface area (Å²) in [4.78, 5) is 18.7. The highest BCUT2D eigenvalue weighted by molar-refractivity contribution is 7.98. The number of hydrogen-bond donors (Lipinski definition) is 1. The highest BCUT2D eigenvalue weighted by atomic mass is 32.2. The minimum Gasteiger partial charge on any atom is -0.497 e. The van der Waals surface area contributed by atoms with Crippen LogP contribution in [0.3, 0.4) is 0 Å². The fraction of sp³-hybridized carbons (Fsp3) is 0.276. The lowest BCUT2D eigenvalue weighted by molar-refractivity contribution is 0.194. The first-order valence-electron chi connectivity index (χ1n) is 12.3. The van der Waals surface area contributed by atoms with Crippen molar-refractivity contribution in [2.24, 2.45) is 0 Å². The van der Waals surface area contributed by atoms with E-state index in [2.05, 4.69) is 58.7 Å². The van der Waals surface area contributed by atoms with Crippen molar-refractivity contribution >= 4 is 34.8 Å². The first kappa shape index (κ1) is 23.3. The maximum Gasteiger partial charge on any atom is 0.322 e. The number of nitrogens with zero attached hydrogens (tertiary/aromatic N) is 2. The molecule has 2 aromatic carbocycles. The van der Waals surface area contributed by atoms with Crippen LogP contribution in [0.25, 0.3) is 5.00 Å². The Morgan fingerprint density at radius 3 is 2.69 bits per heavy atom. The van der Waals surface area contributed by atoms with Gasteiger partial charge in [-0.1, -0.05) is 18.2 Å². The Labute approximate surface area is 220 Å². The van der Waals surface area contributed by atoms with Crippen molar-refractivity contribution in [3.05, 3.63) is 94.1 Å². The first-order valence-corrected chi connectivity index (χ1v) is 14.4. The number of nitrogens with one attached hydrogen (secondary N) is 1. The number of benzene rings is 2. The van der Waals surface area contributed by atoms with Crippen LogP contribution in [-0.2, 0) is 19.4 Å². The number of urea groups is 1. The van der Waals surface area contributed by atoms with Crippen LogP contribution in [0.15, 0.2) is 71.8 Å². The van der Waals surface area contributed by atoms with Crippen LogP contribution in [0.5, 0.6) is 5.75 Å². The summed E-state index contributed by atoms with van der Waals surface area (Å²) in [5, 5.41) is 4.43. The zero-order chi connectivity index (χ0) is 24.6. The molecule has 2 aliphatic rings. The predicted molar refractivity (Wildman–Crippen MR) is 148 cm³/mol. The predicted octanol–water partition coefficient (Wildman–Crippen LogP) is 7.29. The number of amides is 2. The third kappa shape index (κ3) is 4.10. The van der Waals surface area contributed by atoms with E-state index < -0.39 is 0 Å². The molecule has 1 aliphatic carbocycles. The van der Waals surface area contributed by atoms with Gasteiger partial charge in [0.15, 0.2) is 0 Å². The SMILES string of the molecule is COc1cccc(NC(=O)N2Cc3c(sc4c3CCCC4)-n3cccc3C2c2ccc(SC)cc2)c1. The molecule has 1 aliphatic heterocycles. The summed E-state index contributed by atoms with van der Waals surface area (Å²) >= 11 is 3.64. The summed E-state index contributed by atoms with van der Waals surface area (Å²) in [5.41, 5.74) is 5.71. The van der Waals surface area contributed by atoms with Gasteiger partial charge >= 0.3 is 6.03 Å². The van der Waals surface area contributed by atoms with Crippen molar-refractivity contribution in [3.8, 4) is 10.8 Å². The molecule has 184 valence electrons. The Bertz CT molecular complexity index is 1410. The number of carbonyl (C=O) groups is 1. The third-order valence-corrected chi connectivity index (χ3v) is 9.27. The summed E-state index contributed by atoms with van der Waals surface area (Å²) < 4.78 is 7.70. The Morgan fingerprint density at radius 1 is 1.06 bits per heavy atom. The van der Waals surface area contributed by atoms with Crippen LogP contribution < -0.4 is 10.1 Å². The fourth-order valence-corrected chi connectivity index (χ4v) is 7.23. The lowest BCUT2D eigenvalue weighted by Crippen LogP contribution is -2.38. The smallest absolute Gasteiger partial charge is 0.322 e. The van der Waals surface area contributed by atoms with E-state index in [9.17, 15) is 4.79 Å². The van der Waals surface area contributed by atoms with E-state index in [-0.39, 0.29) is 12.1 Å². The molecule has 0 saturated carbocycles. The number of ether oxygens (including phenoxy) is 1. The van der Waals surface area contributed by atoms with Crippen molar-refractivity contribution in [2.45, 2.75) is 43.2 Å². The van der Waals surface area contributed by atoms with E-state index in [0.29, 0.717) is 6.54 Å². The van der Waals surface area contributed by atoms with Crippen LogP contribution in [0.4, 0.5) is 10.5 Å². The first-order chi connectivity index (χ1) is 17.7. The van der Waals surface area contributed by atoms with Gasteiger partial charge in [-0.25, -0.2) is 4.79 Å². The molecule has 0 radical (unpaired) electrons. The number of carbonyl (C=O) groups excluding carboxylic acids is 1. The molecule has 3 heterocycles. The van der Waals surface area contributed by atoms with Gasteiger partial charge in [0.2, 0.25) is 0 Å². The second-order valence-corrected chi connectivity index (χ2v) is 11.2. The molecule has 0 saturated heterocycles. The maximum atomic E-state index is 14.0. The third-order valence-electron chi connectivity index (χ3n) is 7.19. The molecule has 4 aromatic rings. The molecule has 2 aromatic heterocycles. The van der Waals surface area contributed by atoms with E-state index >= 15 is 0 Å². The molecule has 1 unspecified atom stereocenters. The van der Waals surface area contributed by atoms with Crippen LogP contribution in [0.1, 0.15) is 46.1 Å². The van der Waals surface area contributed by atoms with E-state index in [1.54, 1.807) is 18.9 Å². The van der Waals surface area contributed by atoms with Crippen LogP contribution >= 0.6 is 23.1 Å². The van der Waals surface area contributed by atoms with Crippen molar-refractivity contribution in [3.63, 3.8) is 0 Å². The molecule has 1 N–H and O–H groups in total. The molecule has 6 rings (SSSR count). The van der Waals surface area contributed by atoms with Crippen molar-refractivity contribution < 1.29 is 9.53 Å². The van der Waals surface area contributed by atoms with Crippen LogP contribution in [0, 0.1) is 0 Å². The molecule has 36 heavy (non-hydrogen) atoms. The van der Waals surface area contributed by atoms with E-state index in [0.717, 1.165) is 35.5 Å². The summed E-state index contributed by atoms with van der Waals surface area (Å²) in [6, 6.07) is 20.1. The van der Waals surface area contributed by atoms with Gasteiger partial charge in [-0.15, -0.1) is 23.1 Å². The van der Waals surface area contributed by atoms with Gasteiger partial charge in [-0.3, -0.25) is 0 Å². The minimum absolute atomic E-state index is 0.112. The number of hydrogen-bond acceptors (Lipinski definition) is 4. The molecule has 5 nitrogen and oxygen atoms in total. The molecule has 0 fully saturated rings. The summed E-state index contributed by atoms with van der Waals surface area (Å²) in [7, 11) is 1.64. The summed E-state index contributed by atoms with van der Waals surface area (Å²) in [6.45, 7) is 0.577. The number of aryl methyl sites for hydroxylation is 1. The average molecular weight is 516 g/mol. The highest BCUT2D eigenvalue weighted by Crippen LogP contribution is 2.44. The standard InChI is InChI=1S/C29H29N3O2S2/c1-34-21-8-5-7-20(17-21)30-29(33)32-18-24-23-9-3-4-11-26(23)36-28(24)31-16-6-10-25(31)27(32)19-12-14-22(35-2)15-13-19/h5-8,10,12-17,27H,3-4,9,11,18H2,1-2H3,(H,30,33). The number of fused-ring (bicyclic) bond motifs is 5. The number of aromatic nitrogens is 1. The van der Waals surface area contributed by atoms with Gasteiger partial charge in [0.1, 0.15) is 10.8 Å². The average Bonchev–Trinajstić information content (AvgIpc) is 3.51. The Morgan fingerprint density at radius 2 is 1.89 bits per heavy atom. The highest BCUT2D eigenvalue weighted by Gasteiger charge is 2.36. The molecule has 2 amide bonds. The quantitative estimate of drug-likeness (QED) is 0.290. The molecule has 0 bridgehead atoms. The number of methoxy groups -OCH3 is 1. The van der Waals surface area contributed by atoms with E-state index in [1.165, 1.54) is 38.7 Å². The van der Waals surface area contributed by atoms with Crippen LogP contribution in [-0.4, -0.2) is 28.9 Å². The normalized spacial score (nSPS) is 16.5. The maximum absolute atomic E-state index is 14.0. The van der Waals surface area contributed by atoms with Crippen LogP contribution in [0.2, 0.25) is 0 Å². The largest absolute Gasteiger partial charge is 0.497 e. The zero-order valence-corrected chi connectivity index (χ0v) is 22.1. The van der Waals surface area contributed by atoms with Gasteiger partial charge in [-0.05, 0) is 79.5 Å². The topological polar surface area (TPSA) is 46.5 Å². The van der Waals surface area contributed by atoms with Gasteiger partial charge in [0.25, 0.3) is 0 Å². The van der Waals surface area contributed by atoms with Crippen molar-refractivity contribution in [1.29, 1.82) is 0 Å². The van der Waals surface area contributed by atoms with Crippen molar-refractivity contribution in [1.82, 2.24) is 9.47 Å². The van der Waals surface area contributed by atoms with E-state index in [1.807, 2.05) is 40.5 Å². The molecule has 0 spiro atoms. The molecule has 7 heteroatoms. The van der Waals surface area contributed by atoms with Gasteiger partial charge in [0, 0.05) is 33.3 Å².